The second kappa shape index (κ2) is 6.49. The Labute approximate surface area is 109 Å². The summed E-state index contributed by atoms with van der Waals surface area (Å²) < 4.78 is 24.9. The highest BCUT2D eigenvalue weighted by Crippen LogP contribution is 2.12. The number of hydrogen-bond acceptors (Lipinski definition) is 4. The van der Waals surface area contributed by atoms with E-state index in [1.54, 1.807) is 4.90 Å². The van der Waals surface area contributed by atoms with Crippen molar-refractivity contribution in [2.75, 3.05) is 19.3 Å². The van der Waals surface area contributed by atoms with Crippen molar-refractivity contribution < 1.29 is 13.2 Å². The number of piperidine rings is 1. The number of amides is 1. The molecule has 7 heteroatoms. The molecule has 1 unspecified atom stereocenters. The fourth-order valence-corrected chi connectivity index (χ4v) is 3.04. The standard InChI is InChI=1S/C11H23N3O3S/c1-3-5-10(12)11(15)14-7-4-6-9(8-14)13-18(2,16)17/h9-10,13H,3-8,12H2,1-2H3/t9?,10-/m1/s1. The average Bonchev–Trinajstić information content (AvgIpc) is 2.26. The third-order valence-corrected chi connectivity index (χ3v) is 3.79. The van der Waals surface area contributed by atoms with Gasteiger partial charge in [-0.15, -0.1) is 0 Å². The zero-order valence-electron chi connectivity index (χ0n) is 11.1. The van der Waals surface area contributed by atoms with E-state index in [2.05, 4.69) is 4.72 Å². The van der Waals surface area contributed by atoms with Crippen molar-refractivity contribution >= 4 is 15.9 Å². The van der Waals surface area contributed by atoms with Crippen molar-refractivity contribution in [2.45, 2.75) is 44.7 Å². The second-order valence-electron chi connectivity index (χ2n) is 4.91. The monoisotopic (exact) mass is 277 g/mol. The summed E-state index contributed by atoms with van der Waals surface area (Å²) in [4.78, 5) is 13.7. The molecule has 1 saturated heterocycles. The molecule has 1 rings (SSSR count). The van der Waals surface area contributed by atoms with Gasteiger partial charge in [-0.2, -0.15) is 0 Å². The number of nitrogens with one attached hydrogen (secondary N) is 1. The van der Waals surface area contributed by atoms with Crippen molar-refractivity contribution in [2.24, 2.45) is 5.73 Å². The van der Waals surface area contributed by atoms with E-state index in [0.29, 0.717) is 19.5 Å². The van der Waals surface area contributed by atoms with Crippen LogP contribution in [0.4, 0.5) is 0 Å². The number of sulfonamides is 1. The molecule has 0 bridgehead atoms. The first-order valence-corrected chi connectivity index (χ1v) is 8.24. The van der Waals surface area contributed by atoms with Crippen LogP contribution in [-0.2, 0) is 14.8 Å². The third-order valence-electron chi connectivity index (χ3n) is 3.03. The first-order chi connectivity index (χ1) is 8.33. The van der Waals surface area contributed by atoms with Crippen molar-refractivity contribution in [3.8, 4) is 0 Å². The molecule has 1 heterocycles. The van der Waals surface area contributed by atoms with Crippen LogP contribution in [0.5, 0.6) is 0 Å². The molecule has 0 spiro atoms. The van der Waals surface area contributed by atoms with Crippen LogP contribution in [0.1, 0.15) is 32.6 Å². The van der Waals surface area contributed by atoms with Gasteiger partial charge in [0.15, 0.2) is 0 Å². The molecule has 0 aromatic carbocycles. The summed E-state index contributed by atoms with van der Waals surface area (Å²) in [5.74, 6) is -0.0724. The van der Waals surface area contributed by atoms with E-state index < -0.39 is 16.1 Å². The topological polar surface area (TPSA) is 92.5 Å². The van der Waals surface area contributed by atoms with Crippen LogP contribution in [0.15, 0.2) is 0 Å². The minimum atomic E-state index is -3.22. The van der Waals surface area contributed by atoms with Crippen molar-refractivity contribution in [1.82, 2.24) is 9.62 Å². The van der Waals surface area contributed by atoms with Crippen LogP contribution < -0.4 is 10.5 Å². The van der Waals surface area contributed by atoms with Gasteiger partial charge in [-0.1, -0.05) is 13.3 Å². The Morgan fingerprint density at radius 3 is 2.78 bits per heavy atom. The number of nitrogens with zero attached hydrogens (tertiary/aromatic N) is 1. The van der Waals surface area contributed by atoms with E-state index in [-0.39, 0.29) is 11.9 Å². The molecule has 0 aliphatic carbocycles. The van der Waals surface area contributed by atoms with Gasteiger partial charge in [-0.25, -0.2) is 13.1 Å². The van der Waals surface area contributed by atoms with Crippen LogP contribution in [0.25, 0.3) is 0 Å². The minimum Gasteiger partial charge on any atom is -0.340 e. The highest BCUT2D eigenvalue weighted by molar-refractivity contribution is 7.88. The first kappa shape index (κ1) is 15.4. The predicted octanol–water partition coefficient (Wildman–Crippen LogP) is -0.346. The Kier molecular flexibility index (Phi) is 5.55. The molecular weight excluding hydrogens is 254 g/mol. The quantitative estimate of drug-likeness (QED) is 0.718. The highest BCUT2D eigenvalue weighted by atomic mass is 32.2. The predicted molar refractivity (Wildman–Crippen MR) is 70.5 cm³/mol. The van der Waals surface area contributed by atoms with E-state index in [4.69, 9.17) is 5.73 Å². The molecule has 1 aliphatic heterocycles. The Hall–Kier alpha value is -0.660. The first-order valence-electron chi connectivity index (χ1n) is 6.35. The fourth-order valence-electron chi connectivity index (χ4n) is 2.25. The number of carbonyl (C=O) groups excluding carboxylic acids is 1. The summed E-state index contributed by atoms with van der Waals surface area (Å²) in [5, 5.41) is 0. The lowest BCUT2D eigenvalue weighted by Gasteiger charge is -2.34. The maximum Gasteiger partial charge on any atom is 0.239 e. The Morgan fingerprint density at radius 1 is 1.56 bits per heavy atom. The lowest BCUT2D eigenvalue weighted by molar-refractivity contribution is -0.134. The van der Waals surface area contributed by atoms with Gasteiger partial charge in [0.2, 0.25) is 15.9 Å². The molecule has 1 aliphatic rings. The van der Waals surface area contributed by atoms with E-state index in [9.17, 15) is 13.2 Å². The SMILES string of the molecule is CCC[C@@H](N)C(=O)N1CCCC(NS(C)(=O)=O)C1. The largest absolute Gasteiger partial charge is 0.340 e. The van der Waals surface area contributed by atoms with Crippen LogP contribution in [0, 0.1) is 0 Å². The van der Waals surface area contributed by atoms with Gasteiger partial charge < -0.3 is 10.6 Å². The van der Waals surface area contributed by atoms with Crippen LogP contribution >= 0.6 is 0 Å². The van der Waals surface area contributed by atoms with E-state index in [1.165, 1.54) is 0 Å². The van der Waals surface area contributed by atoms with Gasteiger partial charge in [0.25, 0.3) is 0 Å². The lowest BCUT2D eigenvalue weighted by Crippen LogP contribution is -2.53. The van der Waals surface area contributed by atoms with Gasteiger partial charge in [0.1, 0.15) is 0 Å². The zero-order valence-corrected chi connectivity index (χ0v) is 11.9. The Balaban J connectivity index is 2.55. The summed E-state index contributed by atoms with van der Waals surface area (Å²) >= 11 is 0. The molecule has 0 saturated carbocycles. The van der Waals surface area contributed by atoms with Crippen LogP contribution in [0.3, 0.4) is 0 Å². The molecule has 1 fully saturated rings. The van der Waals surface area contributed by atoms with Crippen LogP contribution in [-0.4, -0.2) is 50.7 Å². The smallest absolute Gasteiger partial charge is 0.239 e. The van der Waals surface area contributed by atoms with Crippen molar-refractivity contribution in [3.05, 3.63) is 0 Å². The molecule has 106 valence electrons. The summed E-state index contributed by atoms with van der Waals surface area (Å²) in [6.07, 6.45) is 4.24. The second-order valence-corrected chi connectivity index (χ2v) is 6.69. The van der Waals surface area contributed by atoms with E-state index in [0.717, 1.165) is 25.5 Å². The van der Waals surface area contributed by atoms with Gasteiger partial charge in [-0.3, -0.25) is 4.79 Å². The van der Waals surface area contributed by atoms with Crippen molar-refractivity contribution in [1.29, 1.82) is 0 Å². The summed E-state index contributed by atoms with van der Waals surface area (Å²) in [6.45, 7) is 3.07. The molecule has 1 amide bonds. The third kappa shape index (κ3) is 4.91. The normalized spacial score (nSPS) is 22.8. The minimum absolute atomic E-state index is 0.0724. The van der Waals surface area contributed by atoms with Crippen molar-refractivity contribution in [3.63, 3.8) is 0 Å². The maximum atomic E-state index is 12.0. The summed E-state index contributed by atoms with van der Waals surface area (Å²) in [6, 6.07) is -0.654. The average molecular weight is 277 g/mol. The summed E-state index contributed by atoms with van der Waals surface area (Å²) in [5.41, 5.74) is 5.80. The summed E-state index contributed by atoms with van der Waals surface area (Å²) in [7, 11) is -3.22. The number of nitrogens with two attached hydrogens (primary N) is 1. The number of likely N-dealkylation sites (tertiary alicyclic amines) is 1. The van der Waals surface area contributed by atoms with Gasteiger partial charge in [-0.05, 0) is 19.3 Å². The van der Waals surface area contributed by atoms with Gasteiger partial charge in [0.05, 0.1) is 12.3 Å². The lowest BCUT2D eigenvalue weighted by atomic mass is 10.0. The molecule has 18 heavy (non-hydrogen) atoms. The molecule has 0 radical (unpaired) electrons. The number of carbonyl (C=O) groups is 1. The molecule has 0 aromatic rings. The van der Waals surface area contributed by atoms with E-state index in [1.807, 2.05) is 6.92 Å². The molecule has 0 aromatic heterocycles. The molecule has 6 nitrogen and oxygen atoms in total. The van der Waals surface area contributed by atoms with Gasteiger partial charge in [0, 0.05) is 19.1 Å². The molecular formula is C11H23N3O3S. The molecule has 3 N–H and O–H groups in total. The highest BCUT2D eigenvalue weighted by Gasteiger charge is 2.27. The number of hydrogen-bond donors (Lipinski definition) is 2. The Bertz CT molecular complexity index is 383. The number of rotatable bonds is 5. The van der Waals surface area contributed by atoms with E-state index >= 15 is 0 Å². The molecule has 2 atom stereocenters. The maximum absolute atomic E-state index is 12.0. The fraction of sp³-hybridized carbons (Fsp3) is 0.909. The van der Waals surface area contributed by atoms with Crippen LogP contribution in [0.2, 0.25) is 0 Å². The zero-order chi connectivity index (χ0) is 13.8. The Morgan fingerprint density at radius 2 is 2.22 bits per heavy atom. The van der Waals surface area contributed by atoms with Gasteiger partial charge >= 0.3 is 0 Å².